The van der Waals surface area contributed by atoms with Crippen molar-refractivity contribution < 1.29 is 22.7 Å². The maximum atomic E-state index is 12.6. The van der Waals surface area contributed by atoms with Gasteiger partial charge in [-0.15, -0.1) is 0 Å². The molecule has 0 saturated heterocycles. The first-order valence-electron chi connectivity index (χ1n) is 9.03. The van der Waals surface area contributed by atoms with Crippen LogP contribution >= 0.6 is 0 Å². The molecule has 1 amide bonds. The summed E-state index contributed by atoms with van der Waals surface area (Å²) in [5.74, 6) is 1.12. The molecule has 2 aromatic carbocycles. The smallest absolute Gasteiger partial charge is 0.408 e. The minimum absolute atomic E-state index is 0.0455. The van der Waals surface area contributed by atoms with Gasteiger partial charge in [-0.3, -0.25) is 0 Å². The molecular formula is C21H20F3N3O2. The lowest BCUT2D eigenvalue weighted by Gasteiger charge is -2.16. The number of alkyl halides is 3. The first kappa shape index (κ1) is 20.4. The van der Waals surface area contributed by atoms with Crippen molar-refractivity contribution in [3.8, 4) is 11.4 Å². The van der Waals surface area contributed by atoms with Crippen LogP contribution in [0.15, 0.2) is 54.9 Å². The minimum Gasteiger partial charge on any atom is -0.408 e. The zero-order valence-electron chi connectivity index (χ0n) is 16.0. The first-order valence-corrected chi connectivity index (χ1v) is 9.03. The maximum absolute atomic E-state index is 12.6. The topological polar surface area (TPSA) is 56.1 Å². The highest BCUT2D eigenvalue weighted by atomic mass is 19.4. The number of nitrogens with one attached hydrogen (secondary N) is 1. The number of imidazole rings is 1. The third kappa shape index (κ3) is 4.77. The Morgan fingerprint density at radius 2 is 1.90 bits per heavy atom. The second kappa shape index (κ2) is 8.38. The number of aromatic nitrogens is 2. The fraction of sp³-hybridized carbons (Fsp3) is 0.238. The van der Waals surface area contributed by atoms with Gasteiger partial charge in [-0.1, -0.05) is 31.2 Å². The Labute approximate surface area is 166 Å². The standard InChI is InChI=1S/C21H20F3N3O2/c1-3-16-5-4-6-18(19(16)27-12-11-25-14(27)2)29-20(28)26-13-15-7-9-17(10-8-15)21(22,23)24/h4-12H,3,13H2,1-2H3,(H,26,28). The largest absolute Gasteiger partial charge is 0.416 e. The van der Waals surface area contributed by atoms with E-state index in [0.717, 1.165) is 35.6 Å². The second-order valence-electron chi connectivity index (χ2n) is 6.40. The molecule has 0 atom stereocenters. The van der Waals surface area contributed by atoms with Gasteiger partial charge in [-0.05, 0) is 42.7 Å². The molecule has 0 unspecified atom stereocenters. The number of halogens is 3. The molecule has 0 fully saturated rings. The van der Waals surface area contributed by atoms with Crippen molar-refractivity contribution in [2.24, 2.45) is 0 Å². The van der Waals surface area contributed by atoms with Crippen LogP contribution < -0.4 is 10.1 Å². The molecule has 0 radical (unpaired) electrons. The number of ether oxygens (including phenoxy) is 1. The van der Waals surface area contributed by atoms with Crippen molar-refractivity contribution in [2.75, 3.05) is 0 Å². The van der Waals surface area contributed by atoms with E-state index in [-0.39, 0.29) is 6.54 Å². The number of amides is 1. The molecule has 8 heteroatoms. The lowest BCUT2D eigenvalue weighted by atomic mass is 10.1. The third-order valence-electron chi connectivity index (χ3n) is 4.45. The molecular weight excluding hydrogens is 383 g/mol. The van der Waals surface area contributed by atoms with Gasteiger partial charge in [0.25, 0.3) is 0 Å². The van der Waals surface area contributed by atoms with Crippen LogP contribution in [0.2, 0.25) is 0 Å². The van der Waals surface area contributed by atoms with Gasteiger partial charge in [0.05, 0.1) is 11.3 Å². The van der Waals surface area contributed by atoms with E-state index in [2.05, 4.69) is 10.3 Å². The van der Waals surface area contributed by atoms with Crippen molar-refractivity contribution in [3.63, 3.8) is 0 Å². The summed E-state index contributed by atoms with van der Waals surface area (Å²) in [6.07, 6.45) is -0.904. The molecule has 3 aromatic rings. The Balaban J connectivity index is 1.72. The second-order valence-corrected chi connectivity index (χ2v) is 6.40. The quantitative estimate of drug-likeness (QED) is 0.649. The van der Waals surface area contributed by atoms with Gasteiger partial charge < -0.3 is 14.6 Å². The Kier molecular flexibility index (Phi) is 5.91. The molecule has 0 aliphatic carbocycles. The Hall–Kier alpha value is -3.29. The zero-order valence-corrected chi connectivity index (χ0v) is 16.0. The molecule has 3 rings (SSSR count). The zero-order chi connectivity index (χ0) is 21.0. The Morgan fingerprint density at radius 1 is 1.17 bits per heavy atom. The SMILES string of the molecule is CCc1cccc(OC(=O)NCc2ccc(C(F)(F)F)cc2)c1-n1ccnc1C. The number of hydrogen-bond acceptors (Lipinski definition) is 3. The van der Waals surface area contributed by atoms with Gasteiger partial charge in [-0.2, -0.15) is 13.2 Å². The van der Waals surface area contributed by atoms with Gasteiger partial charge in [0, 0.05) is 18.9 Å². The molecule has 29 heavy (non-hydrogen) atoms. The molecule has 152 valence electrons. The molecule has 0 bridgehead atoms. The van der Waals surface area contributed by atoms with Gasteiger partial charge in [0.15, 0.2) is 5.75 Å². The number of hydrogen-bond donors (Lipinski definition) is 1. The lowest BCUT2D eigenvalue weighted by molar-refractivity contribution is -0.137. The van der Waals surface area contributed by atoms with E-state index in [0.29, 0.717) is 11.3 Å². The highest BCUT2D eigenvalue weighted by Crippen LogP contribution is 2.30. The van der Waals surface area contributed by atoms with Gasteiger partial charge >= 0.3 is 12.3 Å². The molecule has 5 nitrogen and oxygen atoms in total. The van der Waals surface area contributed by atoms with Crippen molar-refractivity contribution in [2.45, 2.75) is 33.0 Å². The van der Waals surface area contributed by atoms with Gasteiger partial charge in [0.1, 0.15) is 5.82 Å². The molecule has 0 aliphatic heterocycles. The number of rotatable bonds is 5. The summed E-state index contributed by atoms with van der Waals surface area (Å²) >= 11 is 0. The molecule has 0 spiro atoms. The van der Waals surface area contributed by atoms with Crippen LogP contribution in [0.1, 0.15) is 29.4 Å². The number of benzene rings is 2. The van der Waals surface area contributed by atoms with Crippen molar-refractivity contribution in [3.05, 3.63) is 77.4 Å². The number of carbonyl (C=O) groups is 1. The van der Waals surface area contributed by atoms with Crippen molar-refractivity contribution >= 4 is 6.09 Å². The summed E-state index contributed by atoms with van der Waals surface area (Å²) in [4.78, 5) is 16.5. The molecule has 0 aliphatic rings. The fourth-order valence-corrected chi connectivity index (χ4v) is 2.94. The van der Waals surface area contributed by atoms with E-state index < -0.39 is 17.8 Å². The predicted octanol–water partition coefficient (Wildman–Crippen LogP) is 5.05. The highest BCUT2D eigenvalue weighted by Gasteiger charge is 2.29. The van der Waals surface area contributed by atoms with E-state index in [1.165, 1.54) is 12.1 Å². The van der Waals surface area contributed by atoms with Gasteiger partial charge in [0.2, 0.25) is 0 Å². The van der Waals surface area contributed by atoms with E-state index in [1.807, 2.05) is 24.5 Å². The number of nitrogens with zero attached hydrogens (tertiary/aromatic N) is 2. The van der Waals surface area contributed by atoms with Crippen LogP contribution in [-0.4, -0.2) is 15.6 Å². The minimum atomic E-state index is -4.39. The number of carbonyl (C=O) groups excluding carboxylic acids is 1. The average Bonchev–Trinajstić information content (AvgIpc) is 3.11. The summed E-state index contributed by atoms with van der Waals surface area (Å²) in [7, 11) is 0. The lowest BCUT2D eigenvalue weighted by Crippen LogP contribution is -2.27. The summed E-state index contributed by atoms with van der Waals surface area (Å²) in [6.45, 7) is 3.89. The van der Waals surface area contributed by atoms with E-state index in [1.54, 1.807) is 24.5 Å². The highest BCUT2D eigenvalue weighted by molar-refractivity contribution is 5.72. The van der Waals surface area contributed by atoms with E-state index in [4.69, 9.17) is 4.74 Å². The summed E-state index contributed by atoms with van der Waals surface area (Å²) in [5, 5.41) is 2.56. The Bertz CT molecular complexity index is 995. The maximum Gasteiger partial charge on any atom is 0.416 e. The first-order chi connectivity index (χ1) is 13.8. The van der Waals surface area contributed by atoms with Crippen LogP contribution in [0.3, 0.4) is 0 Å². The number of para-hydroxylation sites is 1. The van der Waals surface area contributed by atoms with Gasteiger partial charge in [-0.25, -0.2) is 9.78 Å². The summed E-state index contributed by atoms with van der Waals surface area (Å²) in [5.41, 5.74) is 1.51. The third-order valence-corrected chi connectivity index (χ3v) is 4.45. The fourth-order valence-electron chi connectivity index (χ4n) is 2.94. The van der Waals surface area contributed by atoms with Crippen LogP contribution in [0.5, 0.6) is 5.75 Å². The summed E-state index contributed by atoms with van der Waals surface area (Å²) in [6, 6.07) is 10.0. The summed E-state index contributed by atoms with van der Waals surface area (Å²) < 4.78 is 45.2. The average molecular weight is 403 g/mol. The van der Waals surface area contributed by atoms with Crippen LogP contribution in [-0.2, 0) is 19.1 Å². The molecule has 0 saturated carbocycles. The molecule has 1 heterocycles. The van der Waals surface area contributed by atoms with Crippen molar-refractivity contribution in [1.82, 2.24) is 14.9 Å². The van der Waals surface area contributed by atoms with Crippen molar-refractivity contribution in [1.29, 1.82) is 0 Å². The number of aryl methyl sites for hydroxylation is 2. The van der Waals surface area contributed by atoms with E-state index >= 15 is 0 Å². The van der Waals surface area contributed by atoms with Crippen LogP contribution in [0, 0.1) is 6.92 Å². The predicted molar refractivity (Wildman–Crippen MR) is 102 cm³/mol. The Morgan fingerprint density at radius 3 is 2.48 bits per heavy atom. The molecule has 1 N–H and O–H groups in total. The monoisotopic (exact) mass is 403 g/mol. The molecule has 1 aromatic heterocycles. The van der Waals surface area contributed by atoms with E-state index in [9.17, 15) is 18.0 Å². The van der Waals surface area contributed by atoms with Crippen LogP contribution in [0.4, 0.5) is 18.0 Å². The normalized spacial score (nSPS) is 11.3. The van der Waals surface area contributed by atoms with Crippen LogP contribution in [0.25, 0.3) is 5.69 Å².